The average Bonchev–Trinajstić information content (AvgIpc) is 3.27. The van der Waals surface area contributed by atoms with Crippen molar-refractivity contribution in [3.8, 4) is 5.75 Å². The number of halogens is 1. The molecule has 0 radical (unpaired) electrons. The number of methoxy groups -OCH3 is 1. The lowest BCUT2D eigenvalue weighted by Crippen LogP contribution is -2.28. The summed E-state index contributed by atoms with van der Waals surface area (Å²) in [4.78, 5) is 35.4. The van der Waals surface area contributed by atoms with Crippen LogP contribution in [0.1, 0.15) is 36.1 Å². The average molecular weight is 519 g/mol. The lowest BCUT2D eigenvalue weighted by atomic mass is 10.2. The molecule has 0 saturated heterocycles. The number of non-ortho nitro benzene ring substituents is 1. The lowest BCUT2D eigenvalue weighted by molar-refractivity contribution is -0.384. The standard InChI is InChI=1S/C22H23ClN6O5S/c1-4-28-20(13(2)24-21(31)14-5-8-16(34-3)9-6-14)26-27-22(28)35-12-19(30)25-18-11-15(29(32)33)7-10-17(18)23/h5-11,13H,4,12H2,1-3H3,(H,24,31)(H,25,30). The summed E-state index contributed by atoms with van der Waals surface area (Å²) in [5.41, 5.74) is 0.448. The van der Waals surface area contributed by atoms with Crippen LogP contribution in [-0.4, -0.2) is 44.4 Å². The molecular weight excluding hydrogens is 496 g/mol. The van der Waals surface area contributed by atoms with Crippen LogP contribution in [0.5, 0.6) is 5.75 Å². The van der Waals surface area contributed by atoms with Crippen LogP contribution in [0.2, 0.25) is 5.02 Å². The van der Waals surface area contributed by atoms with E-state index in [-0.39, 0.29) is 28.1 Å². The molecule has 0 aliphatic carbocycles. The van der Waals surface area contributed by atoms with E-state index in [2.05, 4.69) is 20.8 Å². The van der Waals surface area contributed by atoms with Crippen LogP contribution in [0, 0.1) is 10.1 Å². The van der Waals surface area contributed by atoms with E-state index in [0.717, 1.165) is 11.8 Å². The van der Waals surface area contributed by atoms with E-state index in [9.17, 15) is 19.7 Å². The number of carbonyl (C=O) groups is 2. The number of hydrogen-bond acceptors (Lipinski definition) is 8. The Morgan fingerprint density at radius 2 is 1.94 bits per heavy atom. The molecule has 0 aliphatic heterocycles. The molecule has 1 heterocycles. The Labute approximate surface area is 210 Å². The molecule has 184 valence electrons. The van der Waals surface area contributed by atoms with Crippen molar-refractivity contribution in [3.63, 3.8) is 0 Å². The Hall–Kier alpha value is -3.64. The third-order valence-electron chi connectivity index (χ3n) is 4.92. The first kappa shape index (κ1) is 26.0. The number of rotatable bonds is 10. The van der Waals surface area contributed by atoms with Gasteiger partial charge >= 0.3 is 0 Å². The molecule has 0 bridgehead atoms. The summed E-state index contributed by atoms with van der Waals surface area (Å²) < 4.78 is 6.91. The van der Waals surface area contributed by atoms with E-state index in [4.69, 9.17) is 16.3 Å². The molecule has 13 heteroatoms. The zero-order valence-corrected chi connectivity index (χ0v) is 20.7. The van der Waals surface area contributed by atoms with E-state index >= 15 is 0 Å². The molecule has 2 aromatic carbocycles. The van der Waals surface area contributed by atoms with Gasteiger partial charge in [0.2, 0.25) is 5.91 Å². The van der Waals surface area contributed by atoms with Crippen molar-refractivity contribution in [3.05, 3.63) is 69.0 Å². The molecule has 2 N–H and O–H groups in total. The normalized spacial score (nSPS) is 11.5. The molecule has 0 saturated carbocycles. The van der Waals surface area contributed by atoms with Gasteiger partial charge in [-0.05, 0) is 44.2 Å². The largest absolute Gasteiger partial charge is 0.497 e. The summed E-state index contributed by atoms with van der Waals surface area (Å²) in [6, 6.07) is 10.1. The summed E-state index contributed by atoms with van der Waals surface area (Å²) in [7, 11) is 1.55. The van der Waals surface area contributed by atoms with Gasteiger partial charge in [0.1, 0.15) is 5.75 Å². The fourth-order valence-corrected chi connectivity index (χ4v) is 4.12. The maximum atomic E-state index is 12.6. The Bertz CT molecular complexity index is 1230. The number of anilines is 1. The monoisotopic (exact) mass is 518 g/mol. The number of nitro groups is 1. The predicted molar refractivity (Wildman–Crippen MR) is 132 cm³/mol. The molecule has 35 heavy (non-hydrogen) atoms. The van der Waals surface area contributed by atoms with Gasteiger partial charge in [-0.3, -0.25) is 19.7 Å². The topological polar surface area (TPSA) is 141 Å². The highest BCUT2D eigenvalue weighted by Gasteiger charge is 2.21. The number of aromatic nitrogens is 3. The fourth-order valence-electron chi connectivity index (χ4n) is 3.15. The maximum Gasteiger partial charge on any atom is 0.271 e. The van der Waals surface area contributed by atoms with Crippen LogP contribution in [0.4, 0.5) is 11.4 Å². The number of amides is 2. The first-order chi connectivity index (χ1) is 16.7. The highest BCUT2D eigenvalue weighted by atomic mass is 35.5. The third-order valence-corrected chi connectivity index (χ3v) is 6.21. The Kier molecular flexibility index (Phi) is 8.66. The molecule has 3 aromatic rings. The highest BCUT2D eigenvalue weighted by molar-refractivity contribution is 7.99. The maximum absolute atomic E-state index is 12.6. The van der Waals surface area contributed by atoms with Crippen LogP contribution in [-0.2, 0) is 11.3 Å². The van der Waals surface area contributed by atoms with Crippen LogP contribution in [0.3, 0.4) is 0 Å². The van der Waals surface area contributed by atoms with Crippen LogP contribution >= 0.6 is 23.4 Å². The first-order valence-electron chi connectivity index (χ1n) is 10.5. The summed E-state index contributed by atoms with van der Waals surface area (Å²) >= 11 is 7.18. The van der Waals surface area contributed by atoms with Gasteiger partial charge in [-0.15, -0.1) is 10.2 Å². The van der Waals surface area contributed by atoms with Crippen molar-refractivity contribution in [2.45, 2.75) is 31.6 Å². The minimum absolute atomic E-state index is 0.0241. The number of carbonyl (C=O) groups excluding carboxylic acids is 2. The second-order valence-corrected chi connectivity index (χ2v) is 8.62. The minimum atomic E-state index is -0.569. The smallest absolute Gasteiger partial charge is 0.271 e. The van der Waals surface area contributed by atoms with Crippen molar-refractivity contribution in [2.24, 2.45) is 0 Å². The number of nitrogens with one attached hydrogen (secondary N) is 2. The molecule has 0 aliphatic rings. The molecule has 2 amide bonds. The van der Waals surface area contributed by atoms with E-state index < -0.39 is 16.9 Å². The highest BCUT2D eigenvalue weighted by Crippen LogP contribution is 2.27. The van der Waals surface area contributed by atoms with Crippen molar-refractivity contribution >= 4 is 46.6 Å². The van der Waals surface area contributed by atoms with Gasteiger partial charge in [-0.25, -0.2) is 0 Å². The Morgan fingerprint density at radius 3 is 2.57 bits per heavy atom. The van der Waals surface area contributed by atoms with Crippen molar-refractivity contribution in [1.82, 2.24) is 20.1 Å². The lowest BCUT2D eigenvalue weighted by Gasteiger charge is -2.15. The van der Waals surface area contributed by atoms with Gasteiger partial charge in [0, 0.05) is 24.2 Å². The van der Waals surface area contributed by atoms with Gasteiger partial charge in [0.05, 0.1) is 34.5 Å². The van der Waals surface area contributed by atoms with Crippen molar-refractivity contribution in [2.75, 3.05) is 18.2 Å². The second kappa shape index (κ2) is 11.7. The summed E-state index contributed by atoms with van der Waals surface area (Å²) in [6.45, 7) is 4.21. The first-order valence-corrected chi connectivity index (χ1v) is 11.8. The zero-order chi connectivity index (χ0) is 25.5. The minimum Gasteiger partial charge on any atom is -0.497 e. The van der Waals surface area contributed by atoms with Gasteiger partial charge in [-0.2, -0.15) is 0 Å². The van der Waals surface area contributed by atoms with Crippen LogP contribution in [0.25, 0.3) is 0 Å². The molecule has 1 unspecified atom stereocenters. The van der Waals surface area contributed by atoms with E-state index in [0.29, 0.717) is 28.8 Å². The third kappa shape index (κ3) is 6.49. The van der Waals surface area contributed by atoms with Crippen LogP contribution in [0.15, 0.2) is 47.6 Å². The van der Waals surface area contributed by atoms with Crippen molar-refractivity contribution in [1.29, 1.82) is 0 Å². The molecule has 3 rings (SSSR count). The number of hydrogen-bond donors (Lipinski definition) is 2. The summed E-state index contributed by atoms with van der Waals surface area (Å²) in [6.07, 6.45) is 0. The fraction of sp³-hybridized carbons (Fsp3) is 0.273. The number of nitrogens with zero attached hydrogens (tertiary/aromatic N) is 4. The van der Waals surface area contributed by atoms with Gasteiger partial charge in [0.25, 0.3) is 11.6 Å². The second-order valence-electron chi connectivity index (χ2n) is 7.27. The van der Waals surface area contributed by atoms with E-state index in [1.54, 1.807) is 42.9 Å². The SMILES string of the molecule is CCn1c(SCC(=O)Nc2cc([N+](=O)[O-])ccc2Cl)nnc1C(C)NC(=O)c1ccc(OC)cc1. The van der Waals surface area contributed by atoms with Gasteiger partial charge < -0.3 is 19.9 Å². The number of thioether (sulfide) groups is 1. The zero-order valence-electron chi connectivity index (χ0n) is 19.1. The summed E-state index contributed by atoms with van der Waals surface area (Å²) in [5, 5.41) is 25.5. The molecule has 1 atom stereocenters. The quantitative estimate of drug-likeness (QED) is 0.232. The molecule has 0 fully saturated rings. The van der Waals surface area contributed by atoms with Crippen molar-refractivity contribution < 1.29 is 19.2 Å². The number of ether oxygens (including phenoxy) is 1. The number of nitro benzene ring substituents is 1. The molecular formula is C22H23ClN6O5S. The van der Waals surface area contributed by atoms with Gasteiger partial charge in [-0.1, -0.05) is 23.4 Å². The van der Waals surface area contributed by atoms with Crippen LogP contribution < -0.4 is 15.4 Å². The number of benzene rings is 2. The molecule has 11 nitrogen and oxygen atoms in total. The Morgan fingerprint density at radius 1 is 1.23 bits per heavy atom. The van der Waals surface area contributed by atoms with E-state index in [1.165, 1.54) is 18.2 Å². The Balaban J connectivity index is 1.63. The van der Waals surface area contributed by atoms with E-state index in [1.807, 2.05) is 6.92 Å². The molecule has 1 aromatic heterocycles. The summed E-state index contributed by atoms with van der Waals surface area (Å²) in [5.74, 6) is 0.487. The predicted octanol–water partition coefficient (Wildman–Crippen LogP) is 4.09. The molecule has 0 spiro atoms. The van der Waals surface area contributed by atoms with Gasteiger partial charge in [0.15, 0.2) is 11.0 Å².